The van der Waals surface area contributed by atoms with Gasteiger partial charge in [-0.1, -0.05) is 41.8 Å². The summed E-state index contributed by atoms with van der Waals surface area (Å²) < 4.78 is 33.3. The van der Waals surface area contributed by atoms with Gasteiger partial charge in [0.1, 0.15) is 5.84 Å². The smallest absolute Gasteiger partial charge is 0.262 e. The van der Waals surface area contributed by atoms with Gasteiger partial charge in [-0.2, -0.15) is 0 Å². The quantitative estimate of drug-likeness (QED) is 0.659. The second-order valence-electron chi connectivity index (χ2n) is 6.66. The van der Waals surface area contributed by atoms with E-state index in [1.807, 2.05) is 0 Å². The van der Waals surface area contributed by atoms with Crippen molar-refractivity contribution in [3.63, 3.8) is 0 Å². The van der Waals surface area contributed by atoms with Crippen LogP contribution in [0.3, 0.4) is 0 Å². The van der Waals surface area contributed by atoms with Gasteiger partial charge < -0.3 is 10.1 Å². The summed E-state index contributed by atoms with van der Waals surface area (Å²) in [5.74, 6) is 0.189. The Kier molecular flexibility index (Phi) is 7.58. The van der Waals surface area contributed by atoms with Crippen LogP contribution in [0.1, 0.15) is 25.7 Å². The summed E-state index contributed by atoms with van der Waals surface area (Å²) in [7, 11) is -3.80. The molecule has 1 aliphatic rings. The molecule has 1 aliphatic heterocycles. The second kappa shape index (κ2) is 10.1. The van der Waals surface area contributed by atoms with Crippen LogP contribution < -0.4 is 14.8 Å². The number of rotatable bonds is 6. The number of ether oxygens (including phenoxy) is 1. The maximum atomic E-state index is 12.7. The molecule has 10 heteroatoms. The predicted octanol–water partition coefficient (Wildman–Crippen LogP) is 4.26. The molecule has 0 unspecified atom stereocenters. The van der Waals surface area contributed by atoms with Crippen LogP contribution in [-0.4, -0.2) is 33.3 Å². The molecule has 0 bridgehead atoms. The van der Waals surface area contributed by atoms with Gasteiger partial charge in [-0.3, -0.25) is 14.5 Å². The van der Waals surface area contributed by atoms with Crippen molar-refractivity contribution in [2.24, 2.45) is 4.99 Å². The van der Waals surface area contributed by atoms with Crippen LogP contribution in [0.4, 0.5) is 5.69 Å². The largest absolute Gasteiger partial charge is 0.481 e. The number of halogens is 2. The van der Waals surface area contributed by atoms with Crippen molar-refractivity contribution in [2.75, 3.05) is 18.5 Å². The molecule has 2 aromatic carbocycles. The van der Waals surface area contributed by atoms with Crippen LogP contribution in [0.25, 0.3) is 0 Å². The fraction of sp³-hybridized carbons (Fsp3) is 0.300. The lowest BCUT2D eigenvalue weighted by Gasteiger charge is -2.12. The van der Waals surface area contributed by atoms with Crippen molar-refractivity contribution in [3.8, 4) is 5.75 Å². The molecule has 1 heterocycles. The fourth-order valence-corrected chi connectivity index (χ4v) is 4.51. The number of nitrogens with one attached hydrogen (secondary N) is 2. The van der Waals surface area contributed by atoms with E-state index in [0.717, 1.165) is 19.3 Å². The summed E-state index contributed by atoms with van der Waals surface area (Å²) >= 11 is 12.0. The lowest BCUT2D eigenvalue weighted by molar-refractivity contribution is -0.118. The van der Waals surface area contributed by atoms with Crippen molar-refractivity contribution >= 4 is 50.7 Å². The van der Waals surface area contributed by atoms with Crippen LogP contribution in [0.5, 0.6) is 5.75 Å². The Hall–Kier alpha value is -2.29. The van der Waals surface area contributed by atoms with E-state index in [1.54, 1.807) is 30.3 Å². The molecule has 0 spiro atoms. The maximum absolute atomic E-state index is 12.7. The van der Waals surface area contributed by atoms with Gasteiger partial charge in [0.2, 0.25) is 0 Å². The van der Waals surface area contributed by atoms with Gasteiger partial charge >= 0.3 is 0 Å². The van der Waals surface area contributed by atoms with E-state index in [4.69, 9.17) is 27.9 Å². The molecular formula is C20H21Cl2N3O4S. The van der Waals surface area contributed by atoms with Crippen molar-refractivity contribution < 1.29 is 17.9 Å². The third-order valence-electron chi connectivity index (χ3n) is 4.32. The first-order valence-electron chi connectivity index (χ1n) is 9.38. The van der Waals surface area contributed by atoms with E-state index in [9.17, 15) is 13.2 Å². The molecule has 0 radical (unpaired) electrons. The number of benzene rings is 2. The fourth-order valence-electron chi connectivity index (χ4n) is 2.87. The molecule has 0 aromatic heterocycles. The van der Waals surface area contributed by atoms with Gasteiger partial charge in [0, 0.05) is 18.7 Å². The SMILES string of the molecule is O=C(COc1c(Cl)cccc1Cl)Nc1cccc(S(=O)(=O)NC2=NCCCCC2)c1. The average molecular weight is 470 g/mol. The highest BCUT2D eigenvalue weighted by molar-refractivity contribution is 7.90. The number of hydrogen-bond acceptors (Lipinski definition) is 5. The first-order valence-corrected chi connectivity index (χ1v) is 11.6. The molecule has 2 aromatic rings. The van der Waals surface area contributed by atoms with Crippen molar-refractivity contribution in [1.82, 2.24) is 4.72 Å². The summed E-state index contributed by atoms with van der Waals surface area (Å²) in [5, 5.41) is 3.18. The average Bonchev–Trinajstić information content (AvgIpc) is 2.96. The Morgan fingerprint density at radius 3 is 2.57 bits per heavy atom. The lowest BCUT2D eigenvalue weighted by Crippen LogP contribution is -2.30. The molecule has 1 amide bonds. The van der Waals surface area contributed by atoms with Crippen LogP contribution in [-0.2, 0) is 14.8 Å². The monoisotopic (exact) mass is 469 g/mol. The van der Waals surface area contributed by atoms with E-state index < -0.39 is 15.9 Å². The summed E-state index contributed by atoms with van der Waals surface area (Å²) in [6.07, 6.45) is 3.47. The third kappa shape index (κ3) is 6.10. The highest BCUT2D eigenvalue weighted by atomic mass is 35.5. The molecular weight excluding hydrogens is 449 g/mol. The van der Waals surface area contributed by atoms with Crippen LogP contribution >= 0.6 is 23.2 Å². The molecule has 0 fully saturated rings. The number of anilines is 1. The Bertz CT molecular complexity index is 1040. The normalized spacial score (nSPS) is 14.4. The van der Waals surface area contributed by atoms with Gasteiger partial charge in [0.05, 0.1) is 14.9 Å². The van der Waals surface area contributed by atoms with E-state index in [0.29, 0.717) is 24.5 Å². The van der Waals surface area contributed by atoms with Crippen molar-refractivity contribution in [1.29, 1.82) is 0 Å². The first-order chi connectivity index (χ1) is 14.3. The highest BCUT2D eigenvalue weighted by Gasteiger charge is 2.18. The highest BCUT2D eigenvalue weighted by Crippen LogP contribution is 2.32. The number of amides is 1. The van der Waals surface area contributed by atoms with Crippen LogP contribution in [0.15, 0.2) is 52.4 Å². The lowest BCUT2D eigenvalue weighted by atomic mass is 10.2. The molecule has 0 saturated carbocycles. The number of aliphatic imine (C=N–C) groups is 1. The third-order valence-corrected chi connectivity index (χ3v) is 6.30. The van der Waals surface area contributed by atoms with E-state index in [1.165, 1.54) is 12.1 Å². The van der Waals surface area contributed by atoms with Gasteiger partial charge in [-0.15, -0.1) is 0 Å². The summed E-state index contributed by atoms with van der Waals surface area (Å²) in [6.45, 7) is 0.277. The summed E-state index contributed by atoms with van der Waals surface area (Å²) in [5.41, 5.74) is 0.319. The number of sulfonamides is 1. The minimum absolute atomic E-state index is 0.0299. The molecule has 30 heavy (non-hydrogen) atoms. The second-order valence-corrected chi connectivity index (χ2v) is 9.16. The number of nitrogens with zero attached hydrogens (tertiary/aromatic N) is 1. The van der Waals surface area contributed by atoms with Gasteiger partial charge in [-0.05, 0) is 43.2 Å². The predicted molar refractivity (Wildman–Crippen MR) is 118 cm³/mol. The van der Waals surface area contributed by atoms with Crippen molar-refractivity contribution in [2.45, 2.75) is 30.6 Å². The van der Waals surface area contributed by atoms with E-state index in [-0.39, 0.29) is 27.3 Å². The van der Waals surface area contributed by atoms with Crippen LogP contribution in [0, 0.1) is 0 Å². The number of para-hydroxylation sites is 1. The number of carbonyl (C=O) groups excluding carboxylic acids is 1. The zero-order chi connectivity index (χ0) is 21.6. The summed E-state index contributed by atoms with van der Waals surface area (Å²) in [6, 6.07) is 10.8. The number of amidine groups is 1. The Balaban J connectivity index is 1.64. The standard InChI is InChI=1S/C20H21Cl2N3O4S/c21-16-8-5-9-17(22)20(16)29-13-19(26)24-14-6-4-7-15(12-14)30(27,28)25-18-10-2-1-3-11-23-18/h4-9,12H,1-3,10-11,13H2,(H,23,25)(H,24,26). The summed E-state index contributed by atoms with van der Waals surface area (Å²) in [4.78, 5) is 16.5. The number of hydrogen-bond donors (Lipinski definition) is 2. The molecule has 7 nitrogen and oxygen atoms in total. The van der Waals surface area contributed by atoms with Gasteiger partial charge in [-0.25, -0.2) is 8.42 Å². The maximum Gasteiger partial charge on any atom is 0.262 e. The van der Waals surface area contributed by atoms with E-state index in [2.05, 4.69) is 15.0 Å². The molecule has 0 atom stereocenters. The molecule has 3 rings (SSSR count). The Labute approximate surface area is 185 Å². The Morgan fingerprint density at radius 2 is 1.80 bits per heavy atom. The molecule has 0 saturated heterocycles. The minimum atomic E-state index is -3.80. The van der Waals surface area contributed by atoms with Gasteiger partial charge in [0.25, 0.3) is 15.9 Å². The van der Waals surface area contributed by atoms with Gasteiger partial charge in [0.15, 0.2) is 12.4 Å². The topological polar surface area (TPSA) is 96.9 Å². The first kappa shape index (κ1) is 22.4. The zero-order valence-corrected chi connectivity index (χ0v) is 18.4. The number of carbonyl (C=O) groups is 1. The zero-order valence-electron chi connectivity index (χ0n) is 16.0. The van der Waals surface area contributed by atoms with Crippen LogP contribution in [0.2, 0.25) is 10.0 Å². The Morgan fingerprint density at radius 1 is 1.07 bits per heavy atom. The van der Waals surface area contributed by atoms with E-state index >= 15 is 0 Å². The van der Waals surface area contributed by atoms with Crippen molar-refractivity contribution in [3.05, 3.63) is 52.5 Å². The molecule has 0 aliphatic carbocycles. The molecule has 2 N–H and O–H groups in total. The minimum Gasteiger partial charge on any atom is -0.481 e. The molecule has 160 valence electrons.